The summed E-state index contributed by atoms with van der Waals surface area (Å²) in [6.07, 6.45) is 0. The highest BCUT2D eigenvalue weighted by Gasteiger charge is 2.18. The van der Waals surface area contributed by atoms with Gasteiger partial charge in [0.25, 0.3) is 5.69 Å². The largest absolute Gasteiger partial charge is 0.381 e. The highest BCUT2D eigenvalue weighted by molar-refractivity contribution is 5.92. The van der Waals surface area contributed by atoms with Crippen LogP contribution in [0.15, 0.2) is 78.9 Å². The van der Waals surface area contributed by atoms with Crippen LogP contribution in [0.25, 0.3) is 22.2 Å². The smallest absolute Gasteiger partial charge is 0.269 e. The van der Waals surface area contributed by atoms with Gasteiger partial charge in [0.15, 0.2) is 0 Å². The number of hydrogen-bond donors (Lipinski definition) is 1. The van der Waals surface area contributed by atoms with Crippen molar-refractivity contribution in [2.75, 3.05) is 5.32 Å². The summed E-state index contributed by atoms with van der Waals surface area (Å²) in [5, 5.41) is 15.7. The Balaban J connectivity index is 1.84. The molecule has 28 heavy (non-hydrogen) atoms. The van der Waals surface area contributed by atoms with Gasteiger partial charge in [-0.15, -0.1) is 0 Å². The molecule has 0 amide bonds. The first kappa shape index (κ1) is 17.8. The molecule has 0 unspecified atom stereocenters. The number of hydrogen-bond acceptors (Lipinski definition) is 3. The second kappa shape index (κ2) is 7.56. The number of fused-ring (bicyclic) bond motifs is 1. The second-order valence-electron chi connectivity index (χ2n) is 6.61. The topological polar surface area (TPSA) is 60.1 Å². The number of aromatic nitrogens is 1. The van der Waals surface area contributed by atoms with Crippen molar-refractivity contribution in [3.8, 4) is 11.3 Å². The lowest BCUT2D eigenvalue weighted by molar-refractivity contribution is -0.384. The summed E-state index contributed by atoms with van der Waals surface area (Å²) in [6, 6.07) is 25.3. The van der Waals surface area contributed by atoms with Crippen molar-refractivity contribution in [3.63, 3.8) is 0 Å². The number of benzene rings is 3. The SMILES string of the molecule is CCn1c(-c2ccc([N+](=O)[O-])cc2)c(CNc2ccccc2)c2ccccc21. The first-order chi connectivity index (χ1) is 13.7. The van der Waals surface area contributed by atoms with Crippen LogP contribution in [0.1, 0.15) is 12.5 Å². The Hall–Kier alpha value is -3.60. The lowest BCUT2D eigenvalue weighted by Gasteiger charge is -2.12. The third-order valence-electron chi connectivity index (χ3n) is 4.99. The number of nitrogens with one attached hydrogen (secondary N) is 1. The van der Waals surface area contributed by atoms with E-state index in [1.54, 1.807) is 12.1 Å². The van der Waals surface area contributed by atoms with Crippen molar-refractivity contribution in [1.82, 2.24) is 4.57 Å². The first-order valence-electron chi connectivity index (χ1n) is 9.33. The Morgan fingerprint density at radius 1 is 0.929 bits per heavy atom. The van der Waals surface area contributed by atoms with E-state index in [-0.39, 0.29) is 10.6 Å². The fourth-order valence-corrected chi connectivity index (χ4v) is 3.70. The van der Waals surface area contributed by atoms with Crippen LogP contribution in [0.4, 0.5) is 11.4 Å². The Morgan fingerprint density at radius 2 is 1.61 bits per heavy atom. The number of para-hydroxylation sites is 2. The molecule has 4 aromatic rings. The molecule has 1 aromatic heterocycles. The Bertz CT molecular complexity index is 1120. The average Bonchev–Trinajstić information content (AvgIpc) is 3.06. The lowest BCUT2D eigenvalue weighted by atomic mass is 10.0. The number of nitro groups is 1. The number of non-ortho nitro benzene ring substituents is 1. The van der Waals surface area contributed by atoms with Gasteiger partial charge in [0.2, 0.25) is 0 Å². The highest BCUT2D eigenvalue weighted by Crippen LogP contribution is 2.35. The molecule has 140 valence electrons. The molecule has 3 aromatic carbocycles. The summed E-state index contributed by atoms with van der Waals surface area (Å²) in [5.74, 6) is 0. The Kier molecular flexibility index (Phi) is 4.81. The van der Waals surface area contributed by atoms with Crippen molar-refractivity contribution < 1.29 is 4.92 Å². The van der Waals surface area contributed by atoms with E-state index < -0.39 is 0 Å². The maximum atomic E-state index is 11.0. The lowest BCUT2D eigenvalue weighted by Crippen LogP contribution is -2.03. The fraction of sp³-hybridized carbons (Fsp3) is 0.130. The van der Waals surface area contributed by atoms with Gasteiger partial charge in [-0.3, -0.25) is 10.1 Å². The molecule has 0 saturated carbocycles. The van der Waals surface area contributed by atoms with Crippen molar-refractivity contribution in [3.05, 3.63) is 94.5 Å². The van der Waals surface area contributed by atoms with E-state index in [4.69, 9.17) is 0 Å². The molecule has 0 fully saturated rings. The van der Waals surface area contributed by atoms with E-state index in [0.717, 1.165) is 23.5 Å². The highest BCUT2D eigenvalue weighted by atomic mass is 16.6. The number of anilines is 1. The van der Waals surface area contributed by atoms with Crippen LogP contribution in [0.2, 0.25) is 0 Å². The minimum atomic E-state index is -0.364. The van der Waals surface area contributed by atoms with E-state index in [2.05, 4.69) is 28.9 Å². The van der Waals surface area contributed by atoms with Crippen LogP contribution < -0.4 is 5.32 Å². The van der Waals surface area contributed by atoms with Gasteiger partial charge in [0.1, 0.15) is 0 Å². The number of nitrogens with zero attached hydrogens (tertiary/aromatic N) is 2. The molecular formula is C23H21N3O2. The molecule has 0 aliphatic heterocycles. The number of aryl methyl sites for hydroxylation is 1. The van der Waals surface area contributed by atoms with Crippen molar-refractivity contribution >= 4 is 22.3 Å². The third-order valence-corrected chi connectivity index (χ3v) is 4.99. The van der Waals surface area contributed by atoms with Gasteiger partial charge in [-0.1, -0.05) is 36.4 Å². The summed E-state index contributed by atoms with van der Waals surface area (Å²) in [6.45, 7) is 3.61. The summed E-state index contributed by atoms with van der Waals surface area (Å²) in [7, 11) is 0. The zero-order valence-corrected chi connectivity index (χ0v) is 15.6. The van der Waals surface area contributed by atoms with E-state index >= 15 is 0 Å². The summed E-state index contributed by atoms with van der Waals surface area (Å²) >= 11 is 0. The molecule has 0 radical (unpaired) electrons. The second-order valence-corrected chi connectivity index (χ2v) is 6.61. The molecular weight excluding hydrogens is 350 g/mol. The van der Waals surface area contributed by atoms with Gasteiger partial charge in [-0.2, -0.15) is 0 Å². The van der Waals surface area contributed by atoms with Gasteiger partial charge in [-0.25, -0.2) is 0 Å². The van der Waals surface area contributed by atoms with E-state index in [0.29, 0.717) is 6.54 Å². The molecule has 4 rings (SSSR count). The normalized spacial score (nSPS) is 10.9. The van der Waals surface area contributed by atoms with Gasteiger partial charge in [-0.05, 0) is 42.8 Å². The molecule has 0 aliphatic rings. The van der Waals surface area contributed by atoms with Crippen molar-refractivity contribution in [1.29, 1.82) is 0 Å². The maximum Gasteiger partial charge on any atom is 0.269 e. The summed E-state index contributed by atoms with van der Waals surface area (Å²) in [5.41, 5.74) is 5.60. The Labute approximate surface area is 163 Å². The standard InChI is InChI=1S/C23H21N3O2/c1-2-25-22-11-7-6-10-20(22)21(16-24-18-8-4-3-5-9-18)23(25)17-12-14-19(15-13-17)26(27)28/h3-15,24H,2,16H2,1H3. The van der Waals surface area contributed by atoms with Gasteiger partial charge < -0.3 is 9.88 Å². The predicted molar refractivity (Wildman–Crippen MR) is 113 cm³/mol. The number of nitro benzene ring substituents is 1. The molecule has 5 heteroatoms. The molecule has 0 aliphatic carbocycles. The molecule has 0 saturated heterocycles. The van der Waals surface area contributed by atoms with Gasteiger partial charge >= 0.3 is 0 Å². The minimum Gasteiger partial charge on any atom is -0.381 e. The van der Waals surface area contributed by atoms with Crippen molar-refractivity contribution in [2.24, 2.45) is 0 Å². The predicted octanol–water partition coefficient (Wildman–Crippen LogP) is 5.85. The van der Waals surface area contributed by atoms with E-state index in [1.165, 1.54) is 16.5 Å². The zero-order chi connectivity index (χ0) is 19.5. The molecule has 0 spiro atoms. The molecule has 1 N–H and O–H groups in total. The maximum absolute atomic E-state index is 11.0. The van der Waals surface area contributed by atoms with Crippen LogP contribution in [-0.4, -0.2) is 9.49 Å². The fourth-order valence-electron chi connectivity index (χ4n) is 3.70. The van der Waals surface area contributed by atoms with E-state index in [1.807, 2.05) is 54.6 Å². The molecule has 0 atom stereocenters. The van der Waals surface area contributed by atoms with Crippen LogP contribution in [0, 0.1) is 10.1 Å². The zero-order valence-electron chi connectivity index (χ0n) is 15.6. The minimum absolute atomic E-state index is 0.104. The first-order valence-corrected chi connectivity index (χ1v) is 9.33. The average molecular weight is 371 g/mol. The van der Waals surface area contributed by atoms with Crippen LogP contribution in [0.5, 0.6) is 0 Å². The Morgan fingerprint density at radius 3 is 2.29 bits per heavy atom. The number of rotatable bonds is 6. The van der Waals surface area contributed by atoms with Crippen LogP contribution in [0.3, 0.4) is 0 Å². The van der Waals surface area contributed by atoms with Gasteiger partial charge in [0, 0.05) is 47.4 Å². The van der Waals surface area contributed by atoms with Crippen molar-refractivity contribution in [2.45, 2.75) is 20.0 Å². The molecule has 1 heterocycles. The van der Waals surface area contributed by atoms with Crippen LogP contribution in [-0.2, 0) is 13.1 Å². The quantitative estimate of drug-likeness (QED) is 0.342. The van der Waals surface area contributed by atoms with E-state index in [9.17, 15) is 10.1 Å². The monoisotopic (exact) mass is 371 g/mol. The van der Waals surface area contributed by atoms with Gasteiger partial charge in [0.05, 0.1) is 10.6 Å². The third kappa shape index (κ3) is 3.22. The van der Waals surface area contributed by atoms with Crippen LogP contribution >= 0.6 is 0 Å². The molecule has 0 bridgehead atoms. The summed E-state index contributed by atoms with van der Waals surface area (Å²) < 4.78 is 2.28. The summed E-state index contributed by atoms with van der Waals surface area (Å²) in [4.78, 5) is 10.7. The molecule has 5 nitrogen and oxygen atoms in total.